The van der Waals surface area contributed by atoms with Crippen LogP contribution in [-0.4, -0.2) is 24.6 Å². The monoisotopic (exact) mass is 194 g/mol. The van der Waals surface area contributed by atoms with Crippen LogP contribution < -0.4 is 0 Å². The largest absolute Gasteiger partial charge is 0.302 e. The molecule has 0 N–H and O–H groups in total. The number of hydrogen-bond donors (Lipinski definition) is 0. The number of thiophene rings is 1. The summed E-state index contributed by atoms with van der Waals surface area (Å²) < 4.78 is 0. The maximum absolute atomic E-state index is 10.1. The van der Waals surface area contributed by atoms with Gasteiger partial charge in [-0.25, -0.2) is 4.79 Å². The molecule has 2 rings (SSSR count). The molecule has 0 aromatic carbocycles. The number of carbonyl (C=O) groups excluding carboxylic acids is 1. The van der Waals surface area contributed by atoms with Crippen molar-refractivity contribution in [3.05, 3.63) is 16.5 Å². The third-order valence-electron chi connectivity index (χ3n) is 2.20. The maximum atomic E-state index is 10.1. The van der Waals surface area contributed by atoms with Gasteiger partial charge in [-0.1, -0.05) is 0 Å². The van der Waals surface area contributed by atoms with Gasteiger partial charge < -0.3 is 4.90 Å². The summed E-state index contributed by atoms with van der Waals surface area (Å²) in [6, 6.07) is 1.99. The first-order valence-corrected chi connectivity index (χ1v) is 4.99. The Kier molecular flexibility index (Phi) is 2.27. The molecule has 0 aliphatic carbocycles. The highest BCUT2D eigenvalue weighted by Gasteiger charge is 2.15. The minimum Gasteiger partial charge on any atom is -0.302 e. The van der Waals surface area contributed by atoms with Crippen LogP contribution in [0.25, 0.3) is 0 Å². The van der Waals surface area contributed by atoms with E-state index in [2.05, 4.69) is 16.9 Å². The molecule has 1 aromatic heterocycles. The summed E-state index contributed by atoms with van der Waals surface area (Å²) in [7, 11) is 2.10. The van der Waals surface area contributed by atoms with E-state index in [1.165, 1.54) is 10.4 Å². The van der Waals surface area contributed by atoms with Gasteiger partial charge in [0.05, 0.1) is 0 Å². The lowest BCUT2D eigenvalue weighted by molar-refractivity contribution is 0.315. The fourth-order valence-corrected chi connectivity index (χ4v) is 2.54. The van der Waals surface area contributed by atoms with E-state index in [0.29, 0.717) is 0 Å². The van der Waals surface area contributed by atoms with Crippen LogP contribution in [0.5, 0.6) is 0 Å². The van der Waals surface area contributed by atoms with Crippen molar-refractivity contribution in [1.82, 2.24) is 4.90 Å². The van der Waals surface area contributed by atoms with Crippen LogP contribution in [0.3, 0.4) is 0 Å². The van der Waals surface area contributed by atoms with Gasteiger partial charge in [0.25, 0.3) is 0 Å². The highest BCUT2D eigenvalue weighted by molar-refractivity contribution is 7.16. The van der Waals surface area contributed by atoms with Gasteiger partial charge in [-0.15, -0.1) is 11.3 Å². The summed E-state index contributed by atoms with van der Waals surface area (Å²) >= 11 is 1.61. The van der Waals surface area contributed by atoms with E-state index in [9.17, 15) is 4.79 Å². The second kappa shape index (κ2) is 3.42. The van der Waals surface area contributed by atoms with E-state index >= 15 is 0 Å². The molecule has 1 aromatic rings. The molecule has 0 radical (unpaired) electrons. The van der Waals surface area contributed by atoms with E-state index in [-0.39, 0.29) is 0 Å². The smallest absolute Gasteiger partial charge is 0.241 e. The predicted octanol–water partition coefficient (Wildman–Crippen LogP) is 1.70. The number of nitrogens with zero attached hydrogens (tertiary/aromatic N) is 2. The normalized spacial score (nSPS) is 16.4. The van der Waals surface area contributed by atoms with Crippen LogP contribution in [0.15, 0.2) is 11.1 Å². The molecule has 0 atom stereocenters. The van der Waals surface area contributed by atoms with Crippen molar-refractivity contribution in [2.75, 3.05) is 13.6 Å². The molecule has 3 nitrogen and oxygen atoms in total. The quantitative estimate of drug-likeness (QED) is 0.503. The summed E-state index contributed by atoms with van der Waals surface area (Å²) in [6.45, 7) is 2.07. The van der Waals surface area contributed by atoms with Crippen LogP contribution in [0, 0.1) is 0 Å². The van der Waals surface area contributed by atoms with E-state index in [1.807, 2.05) is 6.07 Å². The van der Waals surface area contributed by atoms with Gasteiger partial charge in [-0.05, 0) is 25.1 Å². The summed E-state index contributed by atoms with van der Waals surface area (Å²) in [5.74, 6) is 0. The van der Waals surface area contributed by atoms with Crippen LogP contribution in [0.4, 0.5) is 5.00 Å². The topological polar surface area (TPSA) is 32.7 Å². The van der Waals surface area contributed by atoms with Crippen LogP contribution in [0.1, 0.15) is 10.4 Å². The predicted molar refractivity (Wildman–Crippen MR) is 52.1 cm³/mol. The Morgan fingerprint density at radius 1 is 1.69 bits per heavy atom. The summed E-state index contributed by atoms with van der Waals surface area (Å²) in [5, 5.41) is 0.787. The number of aliphatic imine (C=N–C) groups is 1. The SMILES string of the molecule is CN1CCc2sc(N=C=O)cc2C1. The fourth-order valence-electron chi connectivity index (χ4n) is 1.56. The number of likely N-dealkylation sites (N-methyl/N-ethyl adjacent to an activating group) is 1. The first-order valence-electron chi connectivity index (χ1n) is 4.17. The van der Waals surface area contributed by atoms with Crippen molar-refractivity contribution in [1.29, 1.82) is 0 Å². The Hall–Kier alpha value is -0.960. The molecule has 0 saturated carbocycles. The summed E-state index contributed by atoms with van der Waals surface area (Å²) in [6.07, 6.45) is 2.65. The van der Waals surface area contributed by atoms with Crippen molar-refractivity contribution in [3.63, 3.8) is 0 Å². The minimum absolute atomic E-state index is 0.787. The number of fused-ring (bicyclic) bond motifs is 1. The van der Waals surface area contributed by atoms with Crippen molar-refractivity contribution in [3.8, 4) is 0 Å². The average Bonchev–Trinajstić information content (AvgIpc) is 2.46. The van der Waals surface area contributed by atoms with Gasteiger partial charge in [-0.3, -0.25) is 0 Å². The van der Waals surface area contributed by atoms with E-state index < -0.39 is 0 Å². The third kappa shape index (κ3) is 1.70. The average molecular weight is 194 g/mol. The first-order chi connectivity index (χ1) is 6.29. The first kappa shape index (κ1) is 8.63. The molecule has 68 valence electrons. The van der Waals surface area contributed by atoms with Crippen molar-refractivity contribution >= 4 is 22.4 Å². The Morgan fingerprint density at radius 3 is 3.31 bits per heavy atom. The number of isocyanates is 1. The summed E-state index contributed by atoms with van der Waals surface area (Å²) in [4.78, 5) is 17.3. The van der Waals surface area contributed by atoms with Crippen molar-refractivity contribution < 1.29 is 4.79 Å². The Morgan fingerprint density at radius 2 is 2.54 bits per heavy atom. The molecule has 0 bridgehead atoms. The van der Waals surface area contributed by atoms with Crippen molar-refractivity contribution in [2.45, 2.75) is 13.0 Å². The standard InChI is InChI=1S/C9H10N2OS/c1-11-3-2-8-7(5-11)4-9(13-8)10-6-12/h4H,2-3,5H2,1H3. The Balaban J connectivity index is 2.33. The second-order valence-electron chi connectivity index (χ2n) is 3.22. The van der Waals surface area contributed by atoms with Crippen LogP contribution in [-0.2, 0) is 17.8 Å². The van der Waals surface area contributed by atoms with E-state index in [1.54, 1.807) is 17.4 Å². The molecule has 0 amide bonds. The van der Waals surface area contributed by atoms with E-state index in [0.717, 1.165) is 24.5 Å². The zero-order valence-electron chi connectivity index (χ0n) is 7.41. The minimum atomic E-state index is 0.787. The highest BCUT2D eigenvalue weighted by atomic mass is 32.1. The molecule has 0 fully saturated rings. The van der Waals surface area contributed by atoms with Gasteiger partial charge in [0.1, 0.15) is 5.00 Å². The molecule has 13 heavy (non-hydrogen) atoms. The van der Waals surface area contributed by atoms with Crippen LogP contribution in [0.2, 0.25) is 0 Å². The Bertz CT molecular complexity index is 366. The van der Waals surface area contributed by atoms with Gasteiger partial charge in [0.15, 0.2) is 0 Å². The Labute approximate surface area is 80.7 Å². The zero-order valence-corrected chi connectivity index (χ0v) is 8.23. The lowest BCUT2D eigenvalue weighted by atomic mass is 10.1. The molecule has 0 unspecified atom stereocenters. The molecule has 0 spiro atoms. The van der Waals surface area contributed by atoms with Crippen LogP contribution >= 0.6 is 11.3 Å². The lowest BCUT2D eigenvalue weighted by Gasteiger charge is -2.21. The van der Waals surface area contributed by atoms with E-state index in [4.69, 9.17) is 0 Å². The number of rotatable bonds is 1. The van der Waals surface area contributed by atoms with Gasteiger partial charge in [-0.2, -0.15) is 4.99 Å². The van der Waals surface area contributed by atoms with Gasteiger partial charge in [0, 0.05) is 18.0 Å². The molecular weight excluding hydrogens is 184 g/mol. The lowest BCUT2D eigenvalue weighted by Crippen LogP contribution is -2.25. The molecule has 1 aliphatic heterocycles. The molecule has 1 aliphatic rings. The number of hydrogen-bond acceptors (Lipinski definition) is 4. The second-order valence-corrected chi connectivity index (χ2v) is 4.34. The van der Waals surface area contributed by atoms with Gasteiger partial charge >= 0.3 is 0 Å². The molecule has 4 heteroatoms. The summed E-state index contributed by atoms with van der Waals surface area (Å²) in [5.41, 5.74) is 1.31. The molecule has 2 heterocycles. The molecule has 0 saturated heterocycles. The highest BCUT2D eigenvalue weighted by Crippen LogP contribution is 2.32. The fraction of sp³-hybridized carbons (Fsp3) is 0.444. The molecular formula is C9H10N2OS. The zero-order chi connectivity index (χ0) is 9.26. The third-order valence-corrected chi connectivity index (χ3v) is 3.33. The van der Waals surface area contributed by atoms with Crippen molar-refractivity contribution in [2.24, 2.45) is 4.99 Å². The van der Waals surface area contributed by atoms with Gasteiger partial charge in [0.2, 0.25) is 6.08 Å². The maximum Gasteiger partial charge on any atom is 0.241 e.